The van der Waals surface area contributed by atoms with E-state index in [-0.39, 0.29) is 18.3 Å². The highest BCUT2D eigenvalue weighted by Crippen LogP contribution is 2.39. The highest BCUT2D eigenvalue weighted by molar-refractivity contribution is 7.80. The summed E-state index contributed by atoms with van der Waals surface area (Å²) in [5, 5.41) is 1.06. The van der Waals surface area contributed by atoms with E-state index in [9.17, 15) is 0 Å². The molecule has 3 rings (SSSR count). The topological polar surface area (TPSA) is 40.6 Å². The highest BCUT2D eigenvalue weighted by Gasteiger charge is 2.52. The predicted molar refractivity (Wildman–Crippen MR) is 106 cm³/mol. The van der Waals surface area contributed by atoms with Crippen molar-refractivity contribution in [1.82, 2.24) is 4.98 Å². The Balaban J connectivity index is 1.91. The van der Waals surface area contributed by atoms with Crippen molar-refractivity contribution >= 4 is 36.7 Å². The van der Waals surface area contributed by atoms with E-state index in [0.29, 0.717) is 11.6 Å². The van der Waals surface area contributed by atoms with Crippen molar-refractivity contribution in [3.8, 4) is 5.88 Å². The first-order chi connectivity index (χ1) is 11.8. The second kappa shape index (κ2) is 6.67. The largest absolute Gasteiger partial charge is 0.491 e. The van der Waals surface area contributed by atoms with E-state index in [4.69, 9.17) is 14.0 Å². The van der Waals surface area contributed by atoms with Gasteiger partial charge in [0.05, 0.1) is 23.8 Å². The van der Waals surface area contributed by atoms with Gasteiger partial charge in [0.15, 0.2) is 0 Å². The summed E-state index contributed by atoms with van der Waals surface area (Å²) in [7, 11) is 1.24. The zero-order valence-electron chi connectivity index (χ0n) is 15.4. The van der Waals surface area contributed by atoms with Gasteiger partial charge in [-0.1, -0.05) is 12.1 Å². The molecule has 0 aliphatic carbocycles. The lowest BCUT2D eigenvalue weighted by Crippen LogP contribution is -2.41. The minimum absolute atomic E-state index is 0.358. The molecule has 25 heavy (non-hydrogen) atoms. The molecule has 0 N–H and O–H groups in total. The smallest absolute Gasteiger partial charge is 0.481 e. The number of benzene rings is 1. The molecule has 4 nitrogen and oxygen atoms in total. The number of methoxy groups -OCH3 is 1. The van der Waals surface area contributed by atoms with Crippen LogP contribution in [0.4, 0.5) is 0 Å². The molecular weight excluding hydrogens is 333 g/mol. The standard InChI is InChI=1S/C19H24BNO3S/c1-18(2)19(3,4)24-20(23-18)15(12-25)11-13-6-8-16-14(10-13)7-9-17(21-16)22-5/h6-11,25H,12H2,1-5H3. The number of aromatic nitrogens is 1. The summed E-state index contributed by atoms with van der Waals surface area (Å²) >= 11 is 4.48. The molecule has 2 aromatic rings. The number of ether oxygens (including phenoxy) is 1. The number of hydrogen-bond donors (Lipinski definition) is 1. The first-order valence-electron chi connectivity index (χ1n) is 8.37. The summed E-state index contributed by atoms with van der Waals surface area (Å²) in [6.07, 6.45) is 2.08. The van der Waals surface area contributed by atoms with Crippen molar-refractivity contribution in [2.24, 2.45) is 0 Å². The van der Waals surface area contributed by atoms with Gasteiger partial charge in [0.2, 0.25) is 5.88 Å². The fourth-order valence-corrected chi connectivity index (χ4v) is 2.97. The first-order valence-corrected chi connectivity index (χ1v) is 9.01. The van der Waals surface area contributed by atoms with Gasteiger partial charge in [0, 0.05) is 17.2 Å². The fraction of sp³-hybridized carbons (Fsp3) is 0.421. The van der Waals surface area contributed by atoms with E-state index >= 15 is 0 Å². The van der Waals surface area contributed by atoms with Crippen molar-refractivity contribution < 1.29 is 14.0 Å². The van der Waals surface area contributed by atoms with E-state index in [1.807, 2.05) is 24.3 Å². The van der Waals surface area contributed by atoms with Gasteiger partial charge in [-0.25, -0.2) is 4.98 Å². The molecule has 6 heteroatoms. The van der Waals surface area contributed by atoms with E-state index in [0.717, 1.165) is 21.9 Å². The summed E-state index contributed by atoms with van der Waals surface area (Å²) in [5.41, 5.74) is 2.26. The molecule has 0 bridgehead atoms. The Morgan fingerprint density at radius 1 is 1.16 bits per heavy atom. The summed E-state index contributed by atoms with van der Waals surface area (Å²) in [5.74, 6) is 1.18. The molecule has 1 aliphatic rings. The van der Waals surface area contributed by atoms with Gasteiger partial charge < -0.3 is 14.0 Å². The van der Waals surface area contributed by atoms with Crippen LogP contribution in [0.2, 0.25) is 0 Å². The lowest BCUT2D eigenvalue weighted by molar-refractivity contribution is 0.00578. The van der Waals surface area contributed by atoms with Crippen LogP contribution in [0.5, 0.6) is 5.88 Å². The minimum atomic E-state index is -0.382. The van der Waals surface area contributed by atoms with E-state index in [1.165, 1.54) is 0 Å². The summed E-state index contributed by atoms with van der Waals surface area (Å²) in [4.78, 5) is 4.44. The van der Waals surface area contributed by atoms with Crippen molar-refractivity contribution in [3.63, 3.8) is 0 Å². The molecule has 1 fully saturated rings. The number of thiol groups is 1. The lowest BCUT2D eigenvalue weighted by atomic mass is 9.78. The average Bonchev–Trinajstić information content (AvgIpc) is 2.79. The molecule has 0 radical (unpaired) electrons. The number of fused-ring (bicyclic) bond motifs is 1. The molecule has 132 valence electrons. The second-order valence-electron chi connectivity index (χ2n) is 7.27. The van der Waals surface area contributed by atoms with Crippen molar-refractivity contribution in [2.45, 2.75) is 38.9 Å². The summed E-state index contributed by atoms with van der Waals surface area (Å²) in [6, 6.07) is 9.99. The third-order valence-corrected chi connectivity index (χ3v) is 5.35. The van der Waals surface area contributed by atoms with Crippen LogP contribution in [0.15, 0.2) is 35.8 Å². The van der Waals surface area contributed by atoms with Crippen LogP contribution in [0.25, 0.3) is 17.0 Å². The van der Waals surface area contributed by atoms with Crippen molar-refractivity contribution in [2.75, 3.05) is 12.9 Å². The highest BCUT2D eigenvalue weighted by atomic mass is 32.1. The summed E-state index contributed by atoms with van der Waals surface area (Å²) < 4.78 is 17.5. The van der Waals surface area contributed by atoms with Crippen LogP contribution in [0.3, 0.4) is 0 Å². The zero-order valence-corrected chi connectivity index (χ0v) is 16.3. The van der Waals surface area contributed by atoms with Crippen LogP contribution in [0, 0.1) is 0 Å². The third kappa shape index (κ3) is 3.57. The van der Waals surface area contributed by atoms with Crippen LogP contribution in [-0.2, 0) is 9.31 Å². The number of nitrogens with zero attached hydrogens (tertiary/aromatic N) is 1. The van der Waals surface area contributed by atoms with Crippen molar-refractivity contribution in [3.05, 3.63) is 41.4 Å². The molecular formula is C19H24BNO3S. The van der Waals surface area contributed by atoms with Crippen LogP contribution >= 0.6 is 12.6 Å². The lowest BCUT2D eigenvalue weighted by Gasteiger charge is -2.32. The Morgan fingerprint density at radius 2 is 1.84 bits per heavy atom. The first kappa shape index (κ1) is 18.3. The summed E-state index contributed by atoms with van der Waals surface area (Å²) in [6.45, 7) is 8.22. The van der Waals surface area contributed by atoms with Gasteiger partial charge in [0.25, 0.3) is 0 Å². The Labute approximate surface area is 155 Å². The van der Waals surface area contributed by atoms with Gasteiger partial charge in [-0.3, -0.25) is 0 Å². The average molecular weight is 357 g/mol. The van der Waals surface area contributed by atoms with Gasteiger partial charge in [-0.15, -0.1) is 0 Å². The molecule has 0 unspecified atom stereocenters. The molecule has 1 saturated heterocycles. The van der Waals surface area contributed by atoms with Gasteiger partial charge >= 0.3 is 7.12 Å². The Kier molecular flexibility index (Phi) is 4.88. The maximum absolute atomic E-state index is 6.14. The van der Waals surface area contributed by atoms with Gasteiger partial charge in [0.1, 0.15) is 0 Å². The predicted octanol–water partition coefficient (Wildman–Crippen LogP) is 4.19. The van der Waals surface area contributed by atoms with Gasteiger partial charge in [-0.2, -0.15) is 12.6 Å². The maximum atomic E-state index is 6.14. The SMILES string of the molecule is COc1ccc2cc(C=C(CS)B3OC(C)(C)C(C)(C)O3)ccc2n1. The fourth-order valence-electron chi connectivity index (χ4n) is 2.73. The van der Waals surface area contributed by atoms with Crippen LogP contribution < -0.4 is 4.74 Å². The normalized spacial score (nSPS) is 19.4. The third-order valence-electron chi connectivity index (χ3n) is 4.99. The van der Waals surface area contributed by atoms with Crippen LogP contribution in [0.1, 0.15) is 33.3 Å². The molecule has 2 heterocycles. The van der Waals surface area contributed by atoms with E-state index in [2.05, 4.69) is 57.5 Å². The number of hydrogen-bond acceptors (Lipinski definition) is 5. The van der Waals surface area contributed by atoms with Crippen LogP contribution in [-0.4, -0.2) is 36.2 Å². The quantitative estimate of drug-likeness (QED) is 0.658. The Hall–Kier alpha value is -1.50. The van der Waals surface area contributed by atoms with Gasteiger partial charge in [-0.05, 0) is 56.9 Å². The number of rotatable bonds is 4. The van der Waals surface area contributed by atoms with Crippen molar-refractivity contribution in [1.29, 1.82) is 0 Å². The molecule has 1 aliphatic heterocycles. The second-order valence-corrected chi connectivity index (χ2v) is 7.59. The van der Waals surface area contributed by atoms with E-state index < -0.39 is 0 Å². The number of pyridine rings is 1. The maximum Gasteiger partial charge on any atom is 0.491 e. The Bertz CT molecular complexity index is 803. The molecule has 1 aromatic carbocycles. The molecule has 1 aromatic heterocycles. The molecule has 0 spiro atoms. The van der Waals surface area contributed by atoms with E-state index in [1.54, 1.807) is 7.11 Å². The zero-order chi connectivity index (χ0) is 18.2. The Morgan fingerprint density at radius 3 is 2.44 bits per heavy atom. The molecule has 0 saturated carbocycles. The minimum Gasteiger partial charge on any atom is -0.481 e. The molecule has 0 amide bonds. The molecule has 0 atom stereocenters. The monoisotopic (exact) mass is 357 g/mol.